The maximum absolute atomic E-state index is 5.18. The molecule has 1 aromatic heterocycles. The molecule has 1 heterocycles. The number of nitrogens with zero attached hydrogens (tertiary/aromatic N) is 2. The number of hydrogen-bond acceptors (Lipinski definition) is 3. The fourth-order valence-corrected chi connectivity index (χ4v) is 0.914. The summed E-state index contributed by atoms with van der Waals surface area (Å²) in [5, 5.41) is 3.67. The van der Waals surface area contributed by atoms with Crippen molar-refractivity contribution in [1.29, 1.82) is 0 Å². The summed E-state index contributed by atoms with van der Waals surface area (Å²) in [6.45, 7) is 2.02. The normalized spacial score (nSPS) is 11.5. The van der Waals surface area contributed by atoms with Crippen LogP contribution in [0.3, 0.4) is 0 Å². The summed E-state index contributed by atoms with van der Waals surface area (Å²) >= 11 is 0. The highest BCUT2D eigenvalue weighted by molar-refractivity contribution is 5.99. The van der Waals surface area contributed by atoms with E-state index in [-0.39, 0.29) is 0 Å². The summed E-state index contributed by atoms with van der Waals surface area (Å²) in [5.74, 6) is 5.18. The third-order valence-electron chi connectivity index (χ3n) is 1.50. The number of aromatic nitrogens is 1. The van der Waals surface area contributed by atoms with E-state index < -0.39 is 0 Å². The van der Waals surface area contributed by atoms with Crippen LogP contribution in [0, 0.1) is 0 Å². The Morgan fingerprint density at radius 3 is 2.64 bits per heavy atom. The molecule has 0 spiro atoms. The molecule has 0 aliphatic heterocycles. The van der Waals surface area contributed by atoms with E-state index in [4.69, 9.17) is 5.84 Å². The fourth-order valence-electron chi connectivity index (χ4n) is 0.914. The first-order valence-electron chi connectivity index (χ1n) is 3.55. The van der Waals surface area contributed by atoms with Crippen molar-refractivity contribution >= 4 is 5.71 Å². The smallest absolute Gasteiger partial charge is 0.0671 e. The molecular weight excluding hydrogens is 138 g/mol. The lowest BCUT2D eigenvalue weighted by molar-refractivity contribution is 1.17. The summed E-state index contributed by atoms with van der Waals surface area (Å²) in [6.07, 6.45) is 4.31. The van der Waals surface area contributed by atoms with Crippen molar-refractivity contribution in [2.45, 2.75) is 13.3 Å². The average molecular weight is 149 g/mol. The van der Waals surface area contributed by atoms with Gasteiger partial charge in [0, 0.05) is 18.0 Å². The Labute approximate surface area is 66.0 Å². The molecule has 0 atom stereocenters. The molecule has 0 unspecified atom stereocenters. The van der Waals surface area contributed by atoms with Gasteiger partial charge in [-0.2, -0.15) is 5.10 Å². The van der Waals surface area contributed by atoms with E-state index in [0.29, 0.717) is 0 Å². The highest BCUT2D eigenvalue weighted by atomic mass is 15.1. The highest BCUT2D eigenvalue weighted by Crippen LogP contribution is 2.00. The Morgan fingerprint density at radius 1 is 1.55 bits per heavy atom. The predicted octanol–water partition coefficient (Wildman–Crippen LogP) is 1.15. The molecule has 0 aliphatic carbocycles. The lowest BCUT2D eigenvalue weighted by Gasteiger charge is -1.99. The van der Waals surface area contributed by atoms with Gasteiger partial charge in [-0.1, -0.05) is 6.92 Å². The molecule has 2 N–H and O–H groups in total. The van der Waals surface area contributed by atoms with E-state index in [1.807, 2.05) is 19.1 Å². The standard InChI is InChI=1S/C8H11N3/c1-2-8(11-9)7-3-5-10-6-4-7/h3-6H,2,9H2,1H3. The van der Waals surface area contributed by atoms with Gasteiger partial charge in [0.15, 0.2) is 0 Å². The van der Waals surface area contributed by atoms with Crippen molar-refractivity contribution in [3.63, 3.8) is 0 Å². The second kappa shape index (κ2) is 3.71. The van der Waals surface area contributed by atoms with Crippen molar-refractivity contribution < 1.29 is 0 Å². The van der Waals surface area contributed by atoms with Crippen molar-refractivity contribution in [3.05, 3.63) is 30.1 Å². The Morgan fingerprint density at radius 2 is 2.18 bits per heavy atom. The lowest BCUT2D eigenvalue weighted by atomic mass is 10.1. The minimum atomic E-state index is 0.848. The molecule has 0 fully saturated rings. The van der Waals surface area contributed by atoms with Crippen LogP contribution in [0.2, 0.25) is 0 Å². The quantitative estimate of drug-likeness (QED) is 0.389. The highest BCUT2D eigenvalue weighted by Gasteiger charge is 1.97. The Bertz CT molecular complexity index is 241. The third kappa shape index (κ3) is 1.77. The molecule has 1 aromatic rings. The summed E-state index contributed by atoms with van der Waals surface area (Å²) in [5.41, 5.74) is 1.96. The molecule has 0 saturated heterocycles. The number of nitrogens with two attached hydrogens (primary N) is 1. The van der Waals surface area contributed by atoms with Crippen LogP contribution in [0.1, 0.15) is 18.9 Å². The molecule has 3 heteroatoms. The molecule has 58 valence electrons. The van der Waals surface area contributed by atoms with E-state index in [2.05, 4.69) is 10.1 Å². The zero-order valence-electron chi connectivity index (χ0n) is 6.49. The topological polar surface area (TPSA) is 51.3 Å². The van der Waals surface area contributed by atoms with Gasteiger partial charge in [-0.3, -0.25) is 4.98 Å². The van der Waals surface area contributed by atoms with Crippen molar-refractivity contribution in [3.8, 4) is 0 Å². The van der Waals surface area contributed by atoms with E-state index >= 15 is 0 Å². The molecule has 1 rings (SSSR count). The summed E-state index contributed by atoms with van der Waals surface area (Å²) < 4.78 is 0. The van der Waals surface area contributed by atoms with Gasteiger partial charge in [-0.05, 0) is 18.6 Å². The first-order chi connectivity index (χ1) is 5.38. The van der Waals surface area contributed by atoms with Gasteiger partial charge in [-0.25, -0.2) is 0 Å². The lowest BCUT2D eigenvalue weighted by Crippen LogP contribution is -2.02. The van der Waals surface area contributed by atoms with Gasteiger partial charge in [0.2, 0.25) is 0 Å². The molecule has 0 bridgehead atoms. The van der Waals surface area contributed by atoms with Gasteiger partial charge in [0.1, 0.15) is 0 Å². The third-order valence-corrected chi connectivity index (χ3v) is 1.50. The summed E-state index contributed by atoms with van der Waals surface area (Å²) in [6, 6.07) is 3.80. The largest absolute Gasteiger partial charge is 0.323 e. The minimum Gasteiger partial charge on any atom is -0.323 e. The van der Waals surface area contributed by atoms with Gasteiger partial charge in [0.05, 0.1) is 5.71 Å². The second-order valence-corrected chi connectivity index (χ2v) is 2.17. The van der Waals surface area contributed by atoms with Gasteiger partial charge in [0.25, 0.3) is 0 Å². The Balaban J connectivity index is 2.92. The number of hydrogen-bond donors (Lipinski definition) is 1. The molecule has 0 saturated carbocycles. The van der Waals surface area contributed by atoms with Crippen LogP contribution >= 0.6 is 0 Å². The Kier molecular flexibility index (Phi) is 2.60. The van der Waals surface area contributed by atoms with Gasteiger partial charge in [-0.15, -0.1) is 0 Å². The van der Waals surface area contributed by atoms with Crippen molar-refractivity contribution in [2.24, 2.45) is 10.9 Å². The molecular formula is C8H11N3. The molecule has 0 aromatic carbocycles. The zero-order valence-corrected chi connectivity index (χ0v) is 6.49. The number of pyridine rings is 1. The first kappa shape index (κ1) is 7.72. The molecule has 11 heavy (non-hydrogen) atoms. The van der Waals surface area contributed by atoms with Gasteiger partial charge >= 0.3 is 0 Å². The summed E-state index contributed by atoms with van der Waals surface area (Å²) in [7, 11) is 0. The summed E-state index contributed by atoms with van der Waals surface area (Å²) in [4.78, 5) is 3.90. The Hall–Kier alpha value is -1.38. The van der Waals surface area contributed by atoms with Crippen LogP contribution in [0.25, 0.3) is 0 Å². The minimum absolute atomic E-state index is 0.848. The monoisotopic (exact) mass is 149 g/mol. The van der Waals surface area contributed by atoms with Crippen LogP contribution in [-0.4, -0.2) is 10.7 Å². The maximum atomic E-state index is 5.18. The van der Waals surface area contributed by atoms with Crippen molar-refractivity contribution in [2.75, 3.05) is 0 Å². The second-order valence-electron chi connectivity index (χ2n) is 2.17. The van der Waals surface area contributed by atoms with Crippen LogP contribution in [0.4, 0.5) is 0 Å². The molecule has 3 nitrogen and oxygen atoms in total. The predicted molar refractivity (Wildman–Crippen MR) is 45.3 cm³/mol. The fraction of sp³-hybridized carbons (Fsp3) is 0.250. The van der Waals surface area contributed by atoms with E-state index in [0.717, 1.165) is 17.7 Å². The molecule has 0 aliphatic rings. The number of hydrazone groups is 1. The van der Waals surface area contributed by atoms with E-state index in [1.165, 1.54) is 0 Å². The average Bonchev–Trinajstić information content (AvgIpc) is 2.09. The SMILES string of the molecule is CCC(=NN)c1ccncc1. The van der Waals surface area contributed by atoms with Crippen molar-refractivity contribution in [1.82, 2.24) is 4.98 Å². The van der Waals surface area contributed by atoms with Crippen LogP contribution < -0.4 is 5.84 Å². The molecule has 0 radical (unpaired) electrons. The molecule has 0 amide bonds. The van der Waals surface area contributed by atoms with Crippen LogP contribution in [-0.2, 0) is 0 Å². The van der Waals surface area contributed by atoms with E-state index in [9.17, 15) is 0 Å². The zero-order chi connectivity index (χ0) is 8.10. The van der Waals surface area contributed by atoms with E-state index in [1.54, 1.807) is 12.4 Å². The maximum Gasteiger partial charge on any atom is 0.0671 e. The van der Waals surface area contributed by atoms with Crippen LogP contribution in [0.15, 0.2) is 29.6 Å². The van der Waals surface area contributed by atoms with Crippen LogP contribution in [0.5, 0.6) is 0 Å². The number of rotatable bonds is 2. The van der Waals surface area contributed by atoms with Gasteiger partial charge < -0.3 is 5.84 Å². The first-order valence-corrected chi connectivity index (χ1v) is 3.55.